The smallest absolute Gasteiger partial charge is 0.285 e. The number of hydrogen-bond donors (Lipinski definition) is 2. The molecule has 2 unspecified atom stereocenters. The number of ether oxygens (including phenoxy) is 1. The number of aromatic amines is 1. The molecule has 88 valence electrons. The third-order valence-electron chi connectivity index (χ3n) is 2.88. The number of anilines is 1. The highest BCUT2D eigenvalue weighted by molar-refractivity contribution is 6.32. The fraction of sp³-hybridized carbons (Fsp3) is 0.600. The van der Waals surface area contributed by atoms with E-state index in [0.717, 1.165) is 19.6 Å². The van der Waals surface area contributed by atoms with E-state index >= 15 is 0 Å². The van der Waals surface area contributed by atoms with Crippen LogP contribution in [0.3, 0.4) is 0 Å². The predicted molar refractivity (Wildman–Crippen MR) is 61.9 cm³/mol. The minimum atomic E-state index is -0.373. The Balaban J connectivity index is 1.99. The van der Waals surface area contributed by atoms with Gasteiger partial charge in [-0.15, -0.1) is 0 Å². The van der Waals surface area contributed by atoms with Crippen molar-refractivity contribution in [2.45, 2.75) is 19.4 Å². The molecule has 0 aliphatic carbocycles. The van der Waals surface area contributed by atoms with E-state index < -0.39 is 0 Å². The number of rotatable bonds is 3. The van der Waals surface area contributed by atoms with Crippen LogP contribution in [0.2, 0.25) is 5.02 Å². The van der Waals surface area contributed by atoms with Crippen LogP contribution in [-0.2, 0) is 4.74 Å². The molecular formula is C10H14ClN3O2. The van der Waals surface area contributed by atoms with Crippen LogP contribution in [-0.4, -0.2) is 29.5 Å². The van der Waals surface area contributed by atoms with Gasteiger partial charge in [-0.2, -0.15) is 5.10 Å². The molecular weight excluding hydrogens is 230 g/mol. The minimum absolute atomic E-state index is 0.154. The molecule has 16 heavy (non-hydrogen) atoms. The van der Waals surface area contributed by atoms with E-state index in [1.165, 1.54) is 6.20 Å². The lowest BCUT2D eigenvalue weighted by atomic mass is 10.0. The molecule has 1 aliphatic heterocycles. The summed E-state index contributed by atoms with van der Waals surface area (Å²) in [4.78, 5) is 11.2. The lowest BCUT2D eigenvalue weighted by Crippen LogP contribution is -2.22. The molecule has 6 heteroatoms. The van der Waals surface area contributed by atoms with Crippen molar-refractivity contribution in [3.8, 4) is 0 Å². The largest absolute Gasteiger partial charge is 0.382 e. The fourth-order valence-corrected chi connectivity index (χ4v) is 1.95. The third kappa shape index (κ3) is 2.36. The topological polar surface area (TPSA) is 67.0 Å². The van der Waals surface area contributed by atoms with Crippen LogP contribution < -0.4 is 10.9 Å². The van der Waals surface area contributed by atoms with Crippen LogP contribution in [0, 0.1) is 5.92 Å². The highest BCUT2D eigenvalue weighted by Crippen LogP contribution is 2.22. The highest BCUT2D eigenvalue weighted by atomic mass is 35.5. The molecule has 1 fully saturated rings. The molecule has 1 aromatic rings. The quantitative estimate of drug-likeness (QED) is 0.839. The molecule has 0 radical (unpaired) electrons. The summed E-state index contributed by atoms with van der Waals surface area (Å²) >= 11 is 5.84. The number of nitrogens with one attached hydrogen (secondary N) is 2. The Morgan fingerprint density at radius 2 is 2.56 bits per heavy atom. The number of halogens is 1. The molecule has 2 N–H and O–H groups in total. The zero-order valence-electron chi connectivity index (χ0n) is 9.00. The van der Waals surface area contributed by atoms with Gasteiger partial charge in [0, 0.05) is 19.1 Å². The molecule has 1 aliphatic rings. The van der Waals surface area contributed by atoms with Crippen molar-refractivity contribution in [1.82, 2.24) is 10.2 Å². The van der Waals surface area contributed by atoms with E-state index in [1.807, 2.05) is 0 Å². The Morgan fingerprint density at radius 1 is 1.75 bits per heavy atom. The van der Waals surface area contributed by atoms with Crippen LogP contribution in [0.1, 0.15) is 13.3 Å². The Labute approximate surface area is 98.2 Å². The van der Waals surface area contributed by atoms with Gasteiger partial charge in [-0.3, -0.25) is 4.79 Å². The summed E-state index contributed by atoms with van der Waals surface area (Å²) in [6.45, 7) is 3.60. The Hall–Kier alpha value is -1.07. The van der Waals surface area contributed by atoms with E-state index in [2.05, 4.69) is 22.4 Å². The molecule has 2 atom stereocenters. The summed E-state index contributed by atoms with van der Waals surface area (Å²) in [7, 11) is 0. The van der Waals surface area contributed by atoms with Crippen LogP contribution in [0.15, 0.2) is 11.0 Å². The van der Waals surface area contributed by atoms with E-state index in [-0.39, 0.29) is 16.7 Å². The summed E-state index contributed by atoms with van der Waals surface area (Å²) in [6, 6.07) is 0. The molecule has 1 aromatic heterocycles. The normalized spacial score (nSPS) is 24.6. The van der Waals surface area contributed by atoms with Gasteiger partial charge in [0.15, 0.2) is 0 Å². The molecule has 2 rings (SSSR count). The third-order valence-corrected chi connectivity index (χ3v) is 3.26. The first-order valence-corrected chi connectivity index (χ1v) is 5.65. The number of aromatic nitrogens is 2. The molecule has 2 heterocycles. The average Bonchev–Trinajstić information content (AvgIpc) is 2.67. The number of H-pyrrole nitrogens is 1. The summed E-state index contributed by atoms with van der Waals surface area (Å²) in [5, 5.41) is 9.25. The van der Waals surface area contributed by atoms with Crippen molar-refractivity contribution in [3.63, 3.8) is 0 Å². The zero-order chi connectivity index (χ0) is 11.5. The minimum Gasteiger partial charge on any atom is -0.382 e. The maximum absolute atomic E-state index is 11.2. The Kier molecular flexibility index (Phi) is 3.46. The van der Waals surface area contributed by atoms with Gasteiger partial charge in [-0.05, 0) is 13.3 Å². The molecule has 0 amide bonds. The van der Waals surface area contributed by atoms with Crippen LogP contribution >= 0.6 is 11.6 Å². The van der Waals surface area contributed by atoms with E-state index in [0.29, 0.717) is 11.6 Å². The zero-order valence-corrected chi connectivity index (χ0v) is 9.75. The van der Waals surface area contributed by atoms with Crippen molar-refractivity contribution in [2.24, 2.45) is 5.92 Å². The average molecular weight is 244 g/mol. The van der Waals surface area contributed by atoms with Gasteiger partial charge in [0.05, 0.1) is 18.0 Å². The molecule has 1 saturated heterocycles. The fourth-order valence-electron chi connectivity index (χ4n) is 1.79. The summed E-state index contributed by atoms with van der Waals surface area (Å²) in [5.74, 6) is 0.454. The second-order valence-corrected chi connectivity index (χ2v) is 4.31. The summed E-state index contributed by atoms with van der Waals surface area (Å²) in [6.07, 6.45) is 2.80. The molecule has 0 aromatic carbocycles. The van der Waals surface area contributed by atoms with E-state index in [9.17, 15) is 4.79 Å². The lowest BCUT2D eigenvalue weighted by molar-refractivity contribution is 0.108. The van der Waals surface area contributed by atoms with Crippen molar-refractivity contribution in [3.05, 3.63) is 21.6 Å². The van der Waals surface area contributed by atoms with Crippen molar-refractivity contribution in [2.75, 3.05) is 18.5 Å². The van der Waals surface area contributed by atoms with Crippen LogP contribution in [0.25, 0.3) is 0 Å². The first-order valence-electron chi connectivity index (χ1n) is 5.27. The van der Waals surface area contributed by atoms with Crippen LogP contribution in [0.5, 0.6) is 0 Å². The molecule has 0 saturated carbocycles. The van der Waals surface area contributed by atoms with Gasteiger partial charge in [-0.1, -0.05) is 11.6 Å². The maximum atomic E-state index is 11.2. The SMILES string of the molecule is CC1OCCC1CNc1cn[nH]c(=O)c1Cl. The van der Waals surface area contributed by atoms with Gasteiger partial charge in [-0.25, -0.2) is 5.10 Å². The summed E-state index contributed by atoms with van der Waals surface area (Å²) in [5.41, 5.74) is 0.201. The molecule has 0 bridgehead atoms. The van der Waals surface area contributed by atoms with E-state index in [4.69, 9.17) is 16.3 Å². The van der Waals surface area contributed by atoms with Gasteiger partial charge < -0.3 is 10.1 Å². The Morgan fingerprint density at radius 3 is 3.25 bits per heavy atom. The monoisotopic (exact) mass is 243 g/mol. The van der Waals surface area contributed by atoms with Gasteiger partial charge >= 0.3 is 0 Å². The highest BCUT2D eigenvalue weighted by Gasteiger charge is 2.24. The van der Waals surface area contributed by atoms with Crippen molar-refractivity contribution in [1.29, 1.82) is 0 Å². The lowest BCUT2D eigenvalue weighted by Gasteiger charge is -2.15. The standard InChI is InChI=1S/C10H14ClN3O2/c1-6-7(2-3-16-6)4-12-8-5-13-14-10(15)9(8)11/h5-7H,2-4H2,1H3,(H2,12,14,15). The second kappa shape index (κ2) is 4.84. The maximum Gasteiger partial charge on any atom is 0.285 e. The number of nitrogens with zero attached hydrogens (tertiary/aromatic N) is 1. The molecule has 0 spiro atoms. The van der Waals surface area contributed by atoms with Gasteiger partial charge in [0.2, 0.25) is 0 Å². The second-order valence-electron chi connectivity index (χ2n) is 3.93. The van der Waals surface area contributed by atoms with Crippen molar-refractivity contribution >= 4 is 17.3 Å². The summed E-state index contributed by atoms with van der Waals surface area (Å²) < 4.78 is 5.45. The van der Waals surface area contributed by atoms with Crippen molar-refractivity contribution < 1.29 is 4.74 Å². The molecule has 5 nitrogen and oxygen atoms in total. The first kappa shape index (κ1) is 11.4. The Bertz CT molecular complexity index is 421. The first-order chi connectivity index (χ1) is 7.68. The van der Waals surface area contributed by atoms with E-state index in [1.54, 1.807) is 0 Å². The number of hydrogen-bond acceptors (Lipinski definition) is 4. The predicted octanol–water partition coefficient (Wildman–Crippen LogP) is 1.26. The van der Waals surface area contributed by atoms with Gasteiger partial charge in [0.25, 0.3) is 5.56 Å². The van der Waals surface area contributed by atoms with Gasteiger partial charge in [0.1, 0.15) is 5.02 Å². The van der Waals surface area contributed by atoms with Crippen LogP contribution in [0.4, 0.5) is 5.69 Å².